The van der Waals surface area contributed by atoms with Gasteiger partial charge in [0.15, 0.2) is 0 Å². The normalized spacial score (nSPS) is 22.6. The summed E-state index contributed by atoms with van der Waals surface area (Å²) in [7, 11) is 0. The maximum atomic E-state index is 13.6. The van der Waals surface area contributed by atoms with Gasteiger partial charge in [-0.1, -0.05) is 18.2 Å². The summed E-state index contributed by atoms with van der Waals surface area (Å²) in [6.07, 6.45) is 1.67. The number of nitrogens with one attached hydrogen (secondary N) is 2. The van der Waals surface area contributed by atoms with E-state index in [0.717, 1.165) is 0 Å². The lowest BCUT2D eigenvalue weighted by Crippen LogP contribution is -2.42. The number of urea groups is 1. The molecule has 114 valence electrons. The van der Waals surface area contributed by atoms with Crippen LogP contribution in [0, 0.1) is 11.7 Å². The van der Waals surface area contributed by atoms with Crippen LogP contribution in [0.2, 0.25) is 0 Å². The Morgan fingerprint density at radius 3 is 2.67 bits per heavy atom. The number of hydrogen-bond donors (Lipinski definition) is 3. The summed E-state index contributed by atoms with van der Waals surface area (Å²) in [6, 6.07) is 5.28. The lowest BCUT2D eigenvalue weighted by atomic mass is 10.1. The highest BCUT2D eigenvalue weighted by atomic mass is 19.1. The first-order chi connectivity index (χ1) is 9.97. The molecule has 0 aliphatic heterocycles. The van der Waals surface area contributed by atoms with Gasteiger partial charge in [-0.3, -0.25) is 4.79 Å². The van der Waals surface area contributed by atoms with Crippen molar-refractivity contribution in [2.75, 3.05) is 0 Å². The highest BCUT2D eigenvalue weighted by Crippen LogP contribution is 2.25. The van der Waals surface area contributed by atoms with Gasteiger partial charge in [0.25, 0.3) is 0 Å². The van der Waals surface area contributed by atoms with Crippen molar-refractivity contribution in [2.45, 2.75) is 38.3 Å². The topological polar surface area (TPSA) is 78.4 Å². The van der Waals surface area contributed by atoms with Crippen LogP contribution in [-0.4, -0.2) is 23.1 Å². The standard InChI is InChI=1S/C15H19FN2O3/c1-9(12-4-2-3-5-13(12)16)17-15(21)18-11-7-6-10(8-11)14(19)20/h2-5,9-11H,6-8H2,1H3,(H,19,20)(H2,17,18,21). The summed E-state index contributed by atoms with van der Waals surface area (Å²) in [5.41, 5.74) is 0.419. The van der Waals surface area contributed by atoms with Crippen molar-refractivity contribution in [2.24, 2.45) is 5.92 Å². The molecule has 0 bridgehead atoms. The molecular formula is C15H19FN2O3. The first kappa shape index (κ1) is 15.3. The molecule has 0 radical (unpaired) electrons. The molecule has 1 aliphatic carbocycles. The van der Waals surface area contributed by atoms with E-state index in [2.05, 4.69) is 10.6 Å². The summed E-state index contributed by atoms with van der Waals surface area (Å²) in [4.78, 5) is 22.7. The van der Waals surface area contributed by atoms with Gasteiger partial charge in [0.1, 0.15) is 5.82 Å². The number of carboxylic acids is 1. The molecule has 1 saturated carbocycles. The Labute approximate surface area is 122 Å². The Morgan fingerprint density at radius 2 is 2.05 bits per heavy atom. The molecule has 0 spiro atoms. The Bertz CT molecular complexity index is 535. The maximum Gasteiger partial charge on any atom is 0.315 e. The minimum absolute atomic E-state index is 0.140. The monoisotopic (exact) mass is 294 g/mol. The van der Waals surface area contributed by atoms with Gasteiger partial charge in [-0.05, 0) is 32.3 Å². The molecule has 2 amide bonds. The van der Waals surface area contributed by atoms with Crippen molar-refractivity contribution in [1.82, 2.24) is 10.6 Å². The summed E-state index contributed by atoms with van der Waals surface area (Å²) in [6.45, 7) is 1.70. The van der Waals surface area contributed by atoms with E-state index in [-0.39, 0.29) is 17.8 Å². The number of carbonyl (C=O) groups excluding carboxylic acids is 1. The predicted octanol–water partition coefficient (Wildman–Crippen LogP) is 2.44. The first-order valence-electron chi connectivity index (χ1n) is 7.01. The molecule has 2 rings (SSSR count). The molecule has 1 aliphatic rings. The molecule has 0 saturated heterocycles. The van der Waals surface area contributed by atoms with Gasteiger partial charge in [0.05, 0.1) is 12.0 Å². The summed E-state index contributed by atoms with van der Waals surface area (Å²) in [5.74, 6) is -1.57. The molecule has 6 heteroatoms. The van der Waals surface area contributed by atoms with Crippen molar-refractivity contribution in [3.05, 3.63) is 35.6 Å². The lowest BCUT2D eigenvalue weighted by molar-refractivity contribution is -0.141. The molecular weight excluding hydrogens is 275 g/mol. The van der Waals surface area contributed by atoms with E-state index in [9.17, 15) is 14.0 Å². The largest absolute Gasteiger partial charge is 0.481 e. The molecule has 21 heavy (non-hydrogen) atoms. The van der Waals surface area contributed by atoms with Crippen LogP contribution in [0.3, 0.4) is 0 Å². The zero-order chi connectivity index (χ0) is 15.4. The van der Waals surface area contributed by atoms with Crippen molar-refractivity contribution in [3.8, 4) is 0 Å². The van der Waals surface area contributed by atoms with Crippen molar-refractivity contribution in [1.29, 1.82) is 0 Å². The maximum absolute atomic E-state index is 13.6. The van der Waals surface area contributed by atoms with Gasteiger partial charge >= 0.3 is 12.0 Å². The lowest BCUT2D eigenvalue weighted by Gasteiger charge is -2.18. The van der Waals surface area contributed by atoms with Gasteiger partial charge in [-0.15, -0.1) is 0 Å². The summed E-state index contributed by atoms with van der Waals surface area (Å²) < 4.78 is 13.6. The van der Waals surface area contributed by atoms with Crippen LogP contribution in [0.1, 0.15) is 37.8 Å². The van der Waals surface area contributed by atoms with Crippen LogP contribution in [0.25, 0.3) is 0 Å². The number of benzene rings is 1. The van der Waals surface area contributed by atoms with Gasteiger partial charge in [-0.2, -0.15) is 0 Å². The van der Waals surface area contributed by atoms with E-state index in [1.807, 2.05) is 0 Å². The van der Waals surface area contributed by atoms with E-state index in [1.54, 1.807) is 25.1 Å². The molecule has 0 heterocycles. The molecule has 5 nitrogen and oxygen atoms in total. The average molecular weight is 294 g/mol. The fourth-order valence-electron chi connectivity index (χ4n) is 2.66. The number of hydrogen-bond acceptors (Lipinski definition) is 2. The van der Waals surface area contributed by atoms with E-state index < -0.39 is 18.0 Å². The zero-order valence-electron chi connectivity index (χ0n) is 11.8. The fraction of sp³-hybridized carbons (Fsp3) is 0.467. The quantitative estimate of drug-likeness (QED) is 0.798. The van der Waals surface area contributed by atoms with Crippen LogP contribution in [0.5, 0.6) is 0 Å². The van der Waals surface area contributed by atoms with Crippen LogP contribution < -0.4 is 10.6 Å². The SMILES string of the molecule is CC(NC(=O)NC1CCC(C(=O)O)C1)c1ccccc1F. The Balaban J connectivity index is 1.85. The Morgan fingerprint density at radius 1 is 1.33 bits per heavy atom. The van der Waals surface area contributed by atoms with E-state index >= 15 is 0 Å². The molecule has 1 fully saturated rings. The van der Waals surface area contributed by atoms with Gasteiger partial charge < -0.3 is 15.7 Å². The van der Waals surface area contributed by atoms with E-state index in [0.29, 0.717) is 24.8 Å². The summed E-state index contributed by atoms with van der Waals surface area (Å²) >= 11 is 0. The first-order valence-corrected chi connectivity index (χ1v) is 7.01. The van der Waals surface area contributed by atoms with Gasteiger partial charge in [-0.25, -0.2) is 9.18 Å². The predicted molar refractivity (Wildman–Crippen MR) is 75.2 cm³/mol. The fourth-order valence-corrected chi connectivity index (χ4v) is 2.66. The third kappa shape index (κ3) is 3.93. The molecule has 3 N–H and O–H groups in total. The van der Waals surface area contributed by atoms with Crippen LogP contribution in [0.15, 0.2) is 24.3 Å². The molecule has 0 aromatic heterocycles. The van der Waals surface area contributed by atoms with Gasteiger partial charge in [0, 0.05) is 11.6 Å². The number of amides is 2. The third-order valence-corrected chi connectivity index (χ3v) is 3.84. The van der Waals surface area contributed by atoms with E-state index in [1.165, 1.54) is 6.07 Å². The molecule has 3 atom stereocenters. The van der Waals surface area contributed by atoms with Crippen molar-refractivity contribution in [3.63, 3.8) is 0 Å². The Kier molecular flexibility index (Phi) is 4.77. The van der Waals surface area contributed by atoms with Crippen LogP contribution >= 0.6 is 0 Å². The minimum Gasteiger partial charge on any atom is -0.481 e. The molecule has 3 unspecified atom stereocenters. The second kappa shape index (κ2) is 6.56. The highest BCUT2D eigenvalue weighted by molar-refractivity contribution is 5.75. The highest BCUT2D eigenvalue weighted by Gasteiger charge is 2.30. The second-order valence-electron chi connectivity index (χ2n) is 5.41. The smallest absolute Gasteiger partial charge is 0.315 e. The number of rotatable bonds is 4. The average Bonchev–Trinajstić information content (AvgIpc) is 2.87. The molecule has 1 aromatic rings. The third-order valence-electron chi connectivity index (χ3n) is 3.84. The number of aliphatic carboxylic acids is 1. The number of carbonyl (C=O) groups is 2. The second-order valence-corrected chi connectivity index (χ2v) is 5.41. The zero-order valence-corrected chi connectivity index (χ0v) is 11.8. The Hall–Kier alpha value is -2.11. The van der Waals surface area contributed by atoms with Gasteiger partial charge in [0.2, 0.25) is 0 Å². The number of carboxylic acid groups (broad SMARTS) is 1. The van der Waals surface area contributed by atoms with Crippen molar-refractivity contribution < 1.29 is 19.1 Å². The van der Waals surface area contributed by atoms with Crippen LogP contribution in [-0.2, 0) is 4.79 Å². The van der Waals surface area contributed by atoms with Crippen molar-refractivity contribution >= 4 is 12.0 Å². The summed E-state index contributed by atoms with van der Waals surface area (Å²) in [5, 5.41) is 14.3. The van der Waals surface area contributed by atoms with E-state index in [4.69, 9.17) is 5.11 Å². The minimum atomic E-state index is -0.820. The molecule has 1 aromatic carbocycles. The van der Waals surface area contributed by atoms with Crippen LogP contribution in [0.4, 0.5) is 9.18 Å². The number of halogens is 1.